The fourth-order valence-corrected chi connectivity index (χ4v) is 1.38. The maximum absolute atomic E-state index is 11.3. The minimum Gasteiger partial charge on any atom is -0.382 e. The summed E-state index contributed by atoms with van der Waals surface area (Å²) in [5.74, 6) is 0.382. The van der Waals surface area contributed by atoms with Gasteiger partial charge in [-0.2, -0.15) is 0 Å². The number of hydrogen-bond donors (Lipinski definition) is 3. The largest absolute Gasteiger partial charge is 0.382 e. The van der Waals surface area contributed by atoms with Crippen molar-refractivity contribution in [3.8, 4) is 0 Å². The van der Waals surface area contributed by atoms with E-state index in [2.05, 4.69) is 15.6 Å². The van der Waals surface area contributed by atoms with Gasteiger partial charge in [-0.1, -0.05) is 0 Å². The normalized spacial score (nSPS) is 12.3. The average molecular weight is 286 g/mol. The van der Waals surface area contributed by atoms with Crippen LogP contribution in [0.25, 0.3) is 0 Å². The highest BCUT2D eigenvalue weighted by molar-refractivity contribution is 5.82. The van der Waals surface area contributed by atoms with Gasteiger partial charge in [0.05, 0.1) is 12.0 Å². The number of carbonyl (C=O) groups is 1. The smallest absolute Gasteiger partial charge is 0.224 e. The lowest BCUT2D eigenvalue weighted by atomic mass is 9.93. The topological polar surface area (TPSA) is 88.7 Å². The Morgan fingerprint density at radius 3 is 2.50 bits per heavy atom. The van der Waals surface area contributed by atoms with E-state index in [-0.39, 0.29) is 5.91 Å². The molecule has 0 aromatic carbocycles. The SMILES string of the molecule is CCNC(=NCC(C)(C)C(N)=O)NCCCCOCC. The van der Waals surface area contributed by atoms with Gasteiger partial charge < -0.3 is 21.1 Å². The Hall–Kier alpha value is -1.30. The number of hydrogen-bond acceptors (Lipinski definition) is 3. The van der Waals surface area contributed by atoms with Crippen LogP contribution in [-0.2, 0) is 9.53 Å². The minimum atomic E-state index is -0.628. The van der Waals surface area contributed by atoms with Gasteiger partial charge in [-0.3, -0.25) is 9.79 Å². The van der Waals surface area contributed by atoms with Gasteiger partial charge in [-0.15, -0.1) is 0 Å². The number of unbranched alkanes of at least 4 members (excludes halogenated alkanes) is 1. The second-order valence-corrected chi connectivity index (χ2v) is 5.27. The molecule has 118 valence electrons. The van der Waals surface area contributed by atoms with Gasteiger partial charge >= 0.3 is 0 Å². The van der Waals surface area contributed by atoms with Gasteiger partial charge in [0.25, 0.3) is 0 Å². The zero-order valence-electron chi connectivity index (χ0n) is 13.3. The predicted octanol–water partition coefficient (Wildman–Crippen LogP) is 0.870. The Labute approximate surface area is 122 Å². The van der Waals surface area contributed by atoms with Crippen molar-refractivity contribution in [1.82, 2.24) is 10.6 Å². The van der Waals surface area contributed by atoms with Gasteiger partial charge in [0.15, 0.2) is 5.96 Å². The van der Waals surface area contributed by atoms with Crippen LogP contribution in [0.1, 0.15) is 40.5 Å². The van der Waals surface area contributed by atoms with E-state index in [1.54, 1.807) is 13.8 Å². The van der Waals surface area contributed by atoms with Crippen molar-refractivity contribution in [2.45, 2.75) is 40.5 Å². The summed E-state index contributed by atoms with van der Waals surface area (Å²) in [5, 5.41) is 6.39. The fraction of sp³-hybridized carbons (Fsp3) is 0.857. The van der Waals surface area contributed by atoms with Crippen molar-refractivity contribution >= 4 is 11.9 Å². The molecule has 0 rings (SSSR count). The molecule has 0 aromatic heterocycles. The van der Waals surface area contributed by atoms with E-state index in [4.69, 9.17) is 10.5 Å². The molecule has 0 saturated carbocycles. The molecule has 0 radical (unpaired) electrons. The Balaban J connectivity index is 4.11. The average Bonchev–Trinajstić information content (AvgIpc) is 2.39. The summed E-state index contributed by atoms with van der Waals surface area (Å²) in [7, 11) is 0. The number of guanidine groups is 1. The summed E-state index contributed by atoms with van der Waals surface area (Å²) < 4.78 is 5.28. The van der Waals surface area contributed by atoms with Crippen molar-refractivity contribution in [3.63, 3.8) is 0 Å². The predicted molar refractivity (Wildman–Crippen MR) is 82.7 cm³/mol. The first-order valence-corrected chi connectivity index (χ1v) is 7.33. The van der Waals surface area contributed by atoms with E-state index in [1.807, 2.05) is 13.8 Å². The molecule has 0 saturated heterocycles. The molecule has 0 aromatic rings. The van der Waals surface area contributed by atoms with Crippen LogP contribution < -0.4 is 16.4 Å². The summed E-state index contributed by atoms with van der Waals surface area (Å²) in [6.07, 6.45) is 2.04. The number of carbonyl (C=O) groups excluding carboxylic acids is 1. The highest BCUT2D eigenvalue weighted by Gasteiger charge is 2.24. The third-order valence-electron chi connectivity index (χ3n) is 2.86. The highest BCUT2D eigenvalue weighted by Crippen LogP contribution is 2.13. The van der Waals surface area contributed by atoms with Gasteiger partial charge in [0, 0.05) is 26.3 Å². The number of ether oxygens (including phenoxy) is 1. The summed E-state index contributed by atoms with van der Waals surface area (Å²) in [6, 6.07) is 0. The van der Waals surface area contributed by atoms with Crippen LogP contribution in [0, 0.1) is 5.41 Å². The van der Waals surface area contributed by atoms with E-state index >= 15 is 0 Å². The molecule has 0 atom stereocenters. The van der Waals surface area contributed by atoms with Crippen LogP contribution >= 0.6 is 0 Å². The number of nitrogens with one attached hydrogen (secondary N) is 2. The Kier molecular flexibility index (Phi) is 9.80. The number of nitrogens with two attached hydrogens (primary N) is 1. The molecule has 6 nitrogen and oxygen atoms in total. The van der Waals surface area contributed by atoms with E-state index in [0.717, 1.165) is 45.1 Å². The van der Waals surface area contributed by atoms with Crippen molar-refractivity contribution in [3.05, 3.63) is 0 Å². The molecule has 0 fully saturated rings. The monoisotopic (exact) mass is 286 g/mol. The lowest BCUT2D eigenvalue weighted by molar-refractivity contribution is -0.125. The molecule has 4 N–H and O–H groups in total. The first-order valence-electron chi connectivity index (χ1n) is 7.33. The number of aliphatic imine (C=N–C) groups is 1. The molecular formula is C14H30N4O2. The summed E-state index contributed by atoms with van der Waals surface area (Å²) in [4.78, 5) is 15.7. The zero-order chi connectivity index (χ0) is 15.4. The first-order chi connectivity index (χ1) is 9.44. The van der Waals surface area contributed by atoms with Crippen molar-refractivity contribution < 1.29 is 9.53 Å². The van der Waals surface area contributed by atoms with Crippen LogP contribution in [0.15, 0.2) is 4.99 Å². The van der Waals surface area contributed by atoms with E-state index in [0.29, 0.717) is 6.54 Å². The fourth-order valence-electron chi connectivity index (χ4n) is 1.38. The number of rotatable bonds is 10. The van der Waals surface area contributed by atoms with E-state index < -0.39 is 5.41 Å². The molecule has 0 aliphatic rings. The molecule has 1 amide bonds. The Bertz CT molecular complexity index is 304. The lowest BCUT2D eigenvalue weighted by Crippen LogP contribution is -2.40. The summed E-state index contributed by atoms with van der Waals surface area (Å²) >= 11 is 0. The second-order valence-electron chi connectivity index (χ2n) is 5.27. The molecule has 0 aliphatic carbocycles. The van der Waals surface area contributed by atoms with Crippen molar-refractivity contribution in [2.75, 3.05) is 32.8 Å². The summed E-state index contributed by atoms with van der Waals surface area (Å²) in [6.45, 7) is 11.1. The first kappa shape index (κ1) is 18.7. The molecule has 0 unspecified atom stereocenters. The quantitative estimate of drug-likeness (QED) is 0.316. The molecule has 0 bridgehead atoms. The third-order valence-corrected chi connectivity index (χ3v) is 2.86. The maximum Gasteiger partial charge on any atom is 0.224 e. The minimum absolute atomic E-state index is 0.339. The Morgan fingerprint density at radius 1 is 1.25 bits per heavy atom. The molecule has 6 heteroatoms. The number of nitrogens with zero attached hydrogens (tertiary/aromatic N) is 1. The number of primary amides is 1. The number of amides is 1. The van der Waals surface area contributed by atoms with Gasteiger partial charge in [0.2, 0.25) is 5.91 Å². The van der Waals surface area contributed by atoms with Gasteiger partial charge in [-0.25, -0.2) is 0 Å². The van der Waals surface area contributed by atoms with Crippen LogP contribution in [0.5, 0.6) is 0 Å². The maximum atomic E-state index is 11.3. The van der Waals surface area contributed by atoms with Gasteiger partial charge in [0.1, 0.15) is 0 Å². The van der Waals surface area contributed by atoms with Crippen molar-refractivity contribution in [2.24, 2.45) is 16.1 Å². The zero-order valence-corrected chi connectivity index (χ0v) is 13.3. The van der Waals surface area contributed by atoms with Crippen LogP contribution in [0.3, 0.4) is 0 Å². The molecule has 0 spiro atoms. The lowest BCUT2D eigenvalue weighted by Gasteiger charge is -2.19. The van der Waals surface area contributed by atoms with E-state index in [9.17, 15) is 4.79 Å². The molecular weight excluding hydrogens is 256 g/mol. The summed E-state index contributed by atoms with van der Waals surface area (Å²) in [5.41, 5.74) is 4.71. The Morgan fingerprint density at radius 2 is 1.95 bits per heavy atom. The van der Waals surface area contributed by atoms with Crippen LogP contribution in [0.4, 0.5) is 0 Å². The van der Waals surface area contributed by atoms with Crippen molar-refractivity contribution in [1.29, 1.82) is 0 Å². The molecule has 0 heterocycles. The third kappa shape index (κ3) is 8.74. The molecule has 0 aliphatic heterocycles. The van der Waals surface area contributed by atoms with Gasteiger partial charge in [-0.05, 0) is 40.5 Å². The standard InChI is InChI=1S/C14H30N4O2/c1-5-16-13(17-9-7-8-10-20-6-2)18-11-14(3,4)12(15)19/h5-11H2,1-4H3,(H2,15,19)(H2,16,17,18). The van der Waals surface area contributed by atoms with E-state index in [1.165, 1.54) is 0 Å². The highest BCUT2D eigenvalue weighted by atomic mass is 16.5. The van der Waals surface area contributed by atoms with Crippen LogP contribution in [-0.4, -0.2) is 44.7 Å². The van der Waals surface area contributed by atoms with Crippen LogP contribution in [0.2, 0.25) is 0 Å². The molecule has 20 heavy (non-hydrogen) atoms. The second kappa shape index (κ2) is 10.5.